The number of alkyl halides is 5. The van der Waals surface area contributed by atoms with Crippen LogP contribution in [0.4, 0.5) is 9.59 Å². The predicted octanol–water partition coefficient (Wildman–Crippen LogP) is 19.9. The smallest absolute Gasteiger partial charge is 0.404 e. The van der Waals surface area contributed by atoms with E-state index in [9.17, 15) is 9.59 Å². The first-order chi connectivity index (χ1) is 27.0. The summed E-state index contributed by atoms with van der Waals surface area (Å²) in [6.07, 6.45) is 3.79. The van der Waals surface area contributed by atoms with Gasteiger partial charge in [-0.25, -0.2) is 9.59 Å². The first kappa shape index (κ1) is 97.4. The lowest BCUT2D eigenvalue weighted by atomic mass is 10.2. The van der Waals surface area contributed by atoms with Crippen LogP contribution in [0.5, 0.6) is 0 Å². The van der Waals surface area contributed by atoms with Crippen LogP contribution in [0.1, 0.15) is 128 Å². The molecule has 4 N–H and O–H groups in total. The van der Waals surface area contributed by atoms with Crippen LogP contribution in [0.15, 0.2) is 140 Å². The molecule has 0 atom stereocenters. The number of carbonyl (C=O) groups excluding carboxylic acids is 2. The van der Waals surface area contributed by atoms with Crippen molar-refractivity contribution in [3.8, 4) is 0 Å². The van der Waals surface area contributed by atoms with Crippen molar-refractivity contribution < 1.29 is 19.1 Å². The van der Waals surface area contributed by atoms with E-state index in [1.165, 1.54) is 30.1 Å². The number of nitrogens with two attached hydrogens (primary N) is 2. The Morgan fingerprint density at radius 3 is 0.763 bits per heavy atom. The fourth-order valence-corrected chi connectivity index (χ4v) is 1.46. The normalized spacial score (nSPS) is 7.25. The molecule has 0 aliphatic heterocycles. The second-order valence-electron chi connectivity index (χ2n) is 8.72. The quantitative estimate of drug-likeness (QED) is 0.164. The summed E-state index contributed by atoms with van der Waals surface area (Å²) in [6, 6.07) is 18.7. The summed E-state index contributed by atoms with van der Waals surface area (Å²) in [6.45, 7) is 59.7. The molecule has 59 heavy (non-hydrogen) atoms. The fourth-order valence-electron chi connectivity index (χ4n) is 1.46. The fraction of sp³-hybridized carbons (Fsp3) is 0.458. The van der Waals surface area contributed by atoms with E-state index < -0.39 is 12.2 Å². The molecule has 2 aromatic carbocycles. The summed E-state index contributed by atoms with van der Waals surface area (Å²) < 4.78 is 11.3. The van der Waals surface area contributed by atoms with Gasteiger partial charge in [-0.05, 0) is 31.9 Å². The maximum absolute atomic E-state index is 10.2. The molecule has 0 saturated carbocycles. The Morgan fingerprint density at radius 2 is 0.661 bits per heavy atom. The van der Waals surface area contributed by atoms with E-state index >= 15 is 0 Å². The first-order valence-corrected chi connectivity index (χ1v) is 24.0. The number of unbranched alkanes of at least 4 members (excludes halogenated alkanes) is 2. The highest BCUT2D eigenvalue weighted by molar-refractivity contribution is 14.2. The minimum absolute atomic E-state index is 0. The van der Waals surface area contributed by atoms with Crippen molar-refractivity contribution in [3.63, 3.8) is 0 Å². The maximum atomic E-state index is 10.2. The van der Waals surface area contributed by atoms with Crippen molar-refractivity contribution in [1.82, 2.24) is 0 Å². The lowest BCUT2D eigenvalue weighted by Gasteiger charge is -2.06. The van der Waals surface area contributed by atoms with Gasteiger partial charge in [0.15, 0.2) is 0 Å². The van der Waals surface area contributed by atoms with E-state index in [2.05, 4.69) is 250 Å². The van der Waals surface area contributed by atoms with Gasteiger partial charge >= 0.3 is 12.2 Å². The molecule has 11 heteroatoms. The molecule has 2 rings (SSSR count). The molecule has 2 amide bonds. The first-order valence-electron chi connectivity index (χ1n) is 18.2. The zero-order valence-corrected chi connectivity index (χ0v) is 48.7. The van der Waals surface area contributed by atoms with E-state index in [1.807, 2.05) is 88.4 Å². The minimum Gasteiger partial charge on any atom is -0.445 e. The zero-order valence-electron chi connectivity index (χ0n) is 37.9. The van der Waals surface area contributed by atoms with Gasteiger partial charge in [-0.1, -0.05) is 270 Å². The van der Waals surface area contributed by atoms with E-state index in [0.29, 0.717) is 2.86 Å². The maximum Gasteiger partial charge on any atom is 0.404 e. The number of rotatable bonds is 7. The Kier molecular flexibility index (Phi) is 167. The average molecular weight is 1400 g/mol. The lowest BCUT2D eigenvalue weighted by Crippen LogP contribution is -2.12. The van der Waals surface area contributed by atoms with Crippen LogP contribution in [-0.2, 0) is 22.7 Å². The van der Waals surface area contributed by atoms with Crippen molar-refractivity contribution in [3.05, 3.63) is 151 Å². The monoisotopic (exact) mass is 1400 g/mol. The zero-order chi connectivity index (χ0) is 48.7. The van der Waals surface area contributed by atoms with Gasteiger partial charge in [-0.3, -0.25) is 0 Å². The highest BCUT2D eigenvalue weighted by atomic mass is 127. The number of carbonyl (C=O) groups is 2. The third-order valence-electron chi connectivity index (χ3n) is 3.68. The lowest BCUT2D eigenvalue weighted by molar-refractivity contribution is 0.149. The number of hydrogen-bond donors (Lipinski definition) is 2. The van der Waals surface area contributed by atoms with E-state index in [-0.39, 0.29) is 28.1 Å². The molecule has 0 bridgehead atoms. The molecular formula is C48H93I5N2O4. The summed E-state index contributed by atoms with van der Waals surface area (Å²) in [5.41, 5.74) is 11.4. The van der Waals surface area contributed by atoms with Crippen LogP contribution in [-0.4, -0.2) is 19.5 Å². The molecule has 354 valence electrons. The third-order valence-corrected chi connectivity index (χ3v) is 8.89. The van der Waals surface area contributed by atoms with Gasteiger partial charge in [0.25, 0.3) is 0 Å². The number of ether oxygens (including phenoxy) is 2. The molecular weight excluding hydrogens is 1300 g/mol. The molecule has 2 aromatic rings. The van der Waals surface area contributed by atoms with Gasteiger partial charge in [0.1, 0.15) is 13.2 Å². The van der Waals surface area contributed by atoms with Crippen molar-refractivity contribution >= 4 is 125 Å². The van der Waals surface area contributed by atoms with Gasteiger partial charge in [-0.15, -0.1) is 78.9 Å². The van der Waals surface area contributed by atoms with E-state index in [4.69, 9.17) is 11.5 Å². The van der Waals surface area contributed by atoms with Crippen LogP contribution in [0, 0.1) is 0 Å². The van der Waals surface area contributed by atoms with Crippen LogP contribution < -0.4 is 11.5 Å². The van der Waals surface area contributed by atoms with Crippen LogP contribution >= 0.6 is 113 Å². The van der Waals surface area contributed by atoms with Crippen molar-refractivity contribution in [2.75, 3.05) is 4.43 Å². The number of primary amides is 2. The molecule has 0 aliphatic carbocycles. The molecule has 0 radical (unpaired) electrons. The van der Waals surface area contributed by atoms with Crippen LogP contribution in [0.3, 0.4) is 0 Å². The SMILES string of the molecule is C.C.C=C.C=C.C=C.C=C.C=C.C=C.CC.CC.CC(C)(I)I.CC(I)(I)CI.CCCC.CCCC.NC(=O)OCc1ccccc1.NC(=O)OCc1ccccc1. The largest absolute Gasteiger partial charge is 0.445 e. The van der Waals surface area contributed by atoms with E-state index in [1.54, 1.807) is 0 Å². The number of halogens is 5. The summed E-state index contributed by atoms with van der Waals surface area (Å²) in [5.74, 6) is 0. The molecule has 6 nitrogen and oxygen atoms in total. The summed E-state index contributed by atoms with van der Waals surface area (Å²) >= 11 is 11.9. The summed E-state index contributed by atoms with van der Waals surface area (Å²) in [4.78, 5) is 20.3. The number of benzene rings is 2. The highest BCUT2D eigenvalue weighted by Gasteiger charge is 2.10. The molecule has 0 spiro atoms. The average Bonchev–Trinajstić information content (AvgIpc) is 3.25. The molecule has 0 unspecified atom stereocenters. The van der Waals surface area contributed by atoms with Gasteiger partial charge < -0.3 is 20.9 Å². The third kappa shape index (κ3) is 191. The second-order valence-corrected chi connectivity index (χ2v) is 23.8. The Morgan fingerprint density at radius 1 is 0.508 bits per heavy atom. The van der Waals surface area contributed by atoms with Crippen molar-refractivity contribution in [1.29, 1.82) is 0 Å². The Hall–Kier alpha value is -0.930. The summed E-state index contributed by atoms with van der Waals surface area (Å²) in [7, 11) is 0. The standard InChI is InChI=1S/2C8H9NO2.2C4H10.C3H5I3.C3H6I2.2C2H6.6C2H4.2CH4/c2*9-8(10)11-6-7-4-2-1-3-5-7;2*1-3-4-2;1-3(5,6)2-4;1-3(2,4)5;8*1-2;;/h2*1-5H,6H2,(H2,9,10);2*3-4H2,1-2H3;2H2,1H3;1-2H3;2*1-2H3;6*1-2H2;2*1H4. The second kappa shape index (κ2) is 101. The molecule has 0 fully saturated rings. The van der Waals surface area contributed by atoms with Crippen molar-refractivity contribution in [2.45, 2.75) is 133 Å². The number of amides is 2. The van der Waals surface area contributed by atoms with Gasteiger partial charge in [0, 0.05) is 4.43 Å². The molecule has 0 aromatic heterocycles. The number of hydrogen-bond acceptors (Lipinski definition) is 4. The summed E-state index contributed by atoms with van der Waals surface area (Å²) in [5, 5.41) is 0. The van der Waals surface area contributed by atoms with E-state index in [0.717, 1.165) is 11.1 Å². The topological polar surface area (TPSA) is 105 Å². The Bertz CT molecular complexity index is 848. The molecule has 0 heterocycles. The Labute approximate surface area is 438 Å². The molecule has 0 saturated heterocycles. The van der Waals surface area contributed by atoms with Crippen molar-refractivity contribution in [2.24, 2.45) is 11.5 Å². The van der Waals surface area contributed by atoms with Gasteiger partial charge in [-0.2, -0.15) is 0 Å². The van der Waals surface area contributed by atoms with Crippen LogP contribution in [0.2, 0.25) is 0 Å². The van der Waals surface area contributed by atoms with Gasteiger partial charge in [0.05, 0.1) is 2.86 Å². The minimum atomic E-state index is -0.742. The molecule has 0 aliphatic rings. The predicted molar refractivity (Wildman–Crippen MR) is 324 cm³/mol. The Balaban J connectivity index is -0.0000000329. The van der Waals surface area contributed by atoms with Gasteiger partial charge in [0.2, 0.25) is 0 Å². The van der Waals surface area contributed by atoms with Crippen LogP contribution in [0.25, 0.3) is 0 Å². The highest BCUT2D eigenvalue weighted by Crippen LogP contribution is 2.28.